The molecule has 0 radical (unpaired) electrons. The lowest BCUT2D eigenvalue weighted by Crippen LogP contribution is -2.36. The Kier molecular flexibility index (Phi) is 3.44. The first kappa shape index (κ1) is 14.1. The number of benzene rings is 1. The number of ketones is 2. The molecule has 0 amide bonds. The summed E-state index contributed by atoms with van der Waals surface area (Å²) in [6.45, 7) is 3.57. The highest BCUT2D eigenvalue weighted by Gasteiger charge is 2.30. The van der Waals surface area contributed by atoms with Gasteiger partial charge in [0.05, 0.1) is 24.7 Å². The Bertz CT molecular complexity index is 935. The first-order valence-corrected chi connectivity index (χ1v) is 7.65. The summed E-state index contributed by atoms with van der Waals surface area (Å²) < 4.78 is 9.63. The molecule has 1 unspecified atom stereocenters. The summed E-state index contributed by atoms with van der Waals surface area (Å²) in [5.41, 5.74) is 7.24. The minimum atomic E-state index is -1.80. The van der Waals surface area contributed by atoms with Gasteiger partial charge in [0, 0.05) is 12.1 Å². The molecular weight excluding hydrogens is 294 g/mol. The van der Waals surface area contributed by atoms with Crippen LogP contribution in [0.15, 0.2) is 16.9 Å². The lowest BCUT2D eigenvalue weighted by molar-refractivity contribution is -0.132. The third-order valence-corrected chi connectivity index (χ3v) is 4.23. The largest absolute Gasteiger partial charge is 0.398 e. The number of nitrogen functional groups attached to an aromatic ring is 1. The fraction of sp³-hybridized carbons (Fsp3) is 0.412. The maximum Gasteiger partial charge on any atom is 0.264 e. The van der Waals surface area contributed by atoms with Gasteiger partial charge >= 0.3 is 0 Å². The highest BCUT2D eigenvalue weighted by atomic mass is 16.2. The van der Waals surface area contributed by atoms with Gasteiger partial charge in [0.2, 0.25) is 0 Å². The molecule has 1 aromatic carbocycles. The molecule has 6 nitrogen and oxygen atoms in total. The van der Waals surface area contributed by atoms with Crippen molar-refractivity contribution in [3.63, 3.8) is 0 Å². The monoisotopic (exact) mass is 314 g/mol. The molecule has 1 aliphatic carbocycles. The molecule has 0 spiro atoms. The van der Waals surface area contributed by atoms with E-state index in [0.29, 0.717) is 11.2 Å². The zero-order valence-electron chi connectivity index (χ0n) is 14.2. The van der Waals surface area contributed by atoms with Crippen LogP contribution in [0.1, 0.15) is 45.0 Å². The minimum Gasteiger partial charge on any atom is -0.398 e. The molecule has 3 rings (SSSR count). The molecule has 0 saturated heterocycles. The second-order valence-electron chi connectivity index (χ2n) is 5.82. The third-order valence-electron chi connectivity index (χ3n) is 4.23. The zero-order valence-corrected chi connectivity index (χ0v) is 13.2. The van der Waals surface area contributed by atoms with Gasteiger partial charge in [-0.1, -0.05) is 6.92 Å². The molecule has 1 atom stereocenters. The van der Waals surface area contributed by atoms with Crippen molar-refractivity contribution in [1.29, 1.82) is 0 Å². The number of Topliss-reactive ketones (excluding diaryl/α,β-unsaturated/α-hetero) is 2. The molecule has 1 aliphatic rings. The van der Waals surface area contributed by atoms with Gasteiger partial charge in [0.15, 0.2) is 5.78 Å². The van der Waals surface area contributed by atoms with E-state index in [9.17, 15) is 14.4 Å². The predicted octanol–water partition coefficient (Wildman–Crippen LogP) is 1.71. The molecule has 0 bridgehead atoms. The molecular formula is C17H19N3O3. The van der Waals surface area contributed by atoms with Crippen LogP contribution in [0.2, 0.25) is 0 Å². The van der Waals surface area contributed by atoms with Crippen molar-refractivity contribution in [2.45, 2.75) is 45.5 Å². The number of fused-ring (bicyclic) bond motifs is 1. The summed E-state index contributed by atoms with van der Waals surface area (Å²) in [6, 6.07) is 1.72. The number of hydrogen-bond donors (Lipinski definition) is 1. The number of anilines is 1. The maximum atomic E-state index is 13.0. The van der Waals surface area contributed by atoms with E-state index in [-0.39, 0.29) is 36.3 Å². The Labute approximate surface area is 134 Å². The molecule has 0 aliphatic heterocycles. The van der Waals surface area contributed by atoms with Crippen LogP contribution in [0.5, 0.6) is 0 Å². The number of carbonyl (C=O) groups is 2. The Hall–Kier alpha value is -2.50. The van der Waals surface area contributed by atoms with Crippen molar-refractivity contribution in [3.05, 3.63) is 33.9 Å². The van der Waals surface area contributed by atoms with Gasteiger partial charge in [-0.25, -0.2) is 4.98 Å². The lowest BCUT2D eigenvalue weighted by Gasteiger charge is -2.24. The number of hydrogen-bond acceptors (Lipinski definition) is 5. The van der Waals surface area contributed by atoms with E-state index >= 15 is 0 Å². The highest BCUT2D eigenvalue weighted by Crippen LogP contribution is 2.25. The fourth-order valence-electron chi connectivity index (χ4n) is 3.04. The van der Waals surface area contributed by atoms with Gasteiger partial charge in [0.25, 0.3) is 5.56 Å². The van der Waals surface area contributed by atoms with E-state index in [1.165, 1.54) is 0 Å². The highest BCUT2D eigenvalue weighted by molar-refractivity contribution is 6.03. The Morgan fingerprint density at radius 1 is 1.39 bits per heavy atom. The molecule has 1 saturated carbocycles. The van der Waals surface area contributed by atoms with E-state index < -0.39 is 17.4 Å². The van der Waals surface area contributed by atoms with Gasteiger partial charge in [-0.05, 0) is 37.5 Å². The van der Waals surface area contributed by atoms with Crippen molar-refractivity contribution < 1.29 is 11.0 Å². The maximum absolute atomic E-state index is 13.0. The van der Waals surface area contributed by atoms with Crippen LogP contribution in [0.25, 0.3) is 10.9 Å². The molecule has 2 N–H and O–H groups in total. The van der Waals surface area contributed by atoms with Crippen LogP contribution >= 0.6 is 0 Å². The quantitative estimate of drug-likeness (QED) is 0.672. The van der Waals surface area contributed by atoms with E-state index in [1.807, 2.05) is 6.92 Å². The minimum absolute atomic E-state index is 0.0223. The van der Waals surface area contributed by atoms with Crippen LogP contribution in [0, 0.1) is 6.92 Å². The first-order valence-electron chi connectivity index (χ1n) is 8.15. The average Bonchev–Trinajstić information content (AvgIpc) is 2.50. The lowest BCUT2D eigenvalue weighted by atomic mass is 9.92. The molecule has 6 heteroatoms. The van der Waals surface area contributed by atoms with Gasteiger partial charge in [-0.15, -0.1) is 0 Å². The summed E-state index contributed by atoms with van der Waals surface area (Å²) in [7, 11) is 0. The number of carbonyl (C=O) groups excluding carboxylic acids is 2. The van der Waals surface area contributed by atoms with Crippen LogP contribution in [0.3, 0.4) is 0 Å². The van der Waals surface area contributed by atoms with E-state index in [0.717, 1.165) is 16.6 Å². The standard InChI is InChI=1S/C17H19N3O3/c1-3-10-6-12(18)16-13(7-10)19-9(2)20(17(16)23)14-5-4-11(21)8-15(14)22/h6-7,14H,3-5,8,18H2,1-2H3/i14D. The predicted molar refractivity (Wildman–Crippen MR) is 87.4 cm³/mol. The molecule has 1 heterocycles. The number of aromatic nitrogens is 2. The van der Waals surface area contributed by atoms with Crippen LogP contribution in [-0.2, 0) is 16.0 Å². The smallest absolute Gasteiger partial charge is 0.264 e. The van der Waals surface area contributed by atoms with Crippen molar-refractivity contribution in [2.24, 2.45) is 0 Å². The number of rotatable bonds is 2. The van der Waals surface area contributed by atoms with Crippen molar-refractivity contribution in [1.82, 2.24) is 9.55 Å². The van der Waals surface area contributed by atoms with Gasteiger partial charge in [0.1, 0.15) is 11.6 Å². The molecule has 1 fully saturated rings. The molecule has 120 valence electrons. The van der Waals surface area contributed by atoms with Gasteiger partial charge in [-0.2, -0.15) is 0 Å². The second-order valence-corrected chi connectivity index (χ2v) is 5.82. The average molecular weight is 314 g/mol. The summed E-state index contributed by atoms with van der Waals surface area (Å²) in [5, 5.41) is 0.217. The van der Waals surface area contributed by atoms with Crippen molar-refractivity contribution >= 4 is 28.2 Å². The molecule has 2 aromatic rings. The zero-order chi connectivity index (χ0) is 17.6. The Balaban J connectivity index is 2.30. The topological polar surface area (TPSA) is 95.1 Å². The number of nitrogens with two attached hydrogens (primary N) is 1. The van der Waals surface area contributed by atoms with Crippen molar-refractivity contribution in [2.75, 3.05) is 5.73 Å². The number of nitrogens with zero attached hydrogens (tertiary/aromatic N) is 2. The molecule has 23 heavy (non-hydrogen) atoms. The van der Waals surface area contributed by atoms with Crippen LogP contribution < -0.4 is 11.3 Å². The Morgan fingerprint density at radius 3 is 2.78 bits per heavy atom. The normalized spacial score (nSPS) is 22.4. The molecule has 1 aromatic heterocycles. The summed E-state index contributed by atoms with van der Waals surface area (Å²) in [4.78, 5) is 41.2. The van der Waals surface area contributed by atoms with Gasteiger partial charge in [-0.3, -0.25) is 19.0 Å². The van der Waals surface area contributed by atoms with Crippen LogP contribution in [0.4, 0.5) is 5.69 Å². The van der Waals surface area contributed by atoms with Gasteiger partial charge < -0.3 is 5.73 Å². The Morgan fingerprint density at radius 2 is 2.13 bits per heavy atom. The van der Waals surface area contributed by atoms with Crippen molar-refractivity contribution in [3.8, 4) is 0 Å². The summed E-state index contributed by atoms with van der Waals surface area (Å²) >= 11 is 0. The fourth-order valence-corrected chi connectivity index (χ4v) is 3.04. The second kappa shape index (κ2) is 5.61. The summed E-state index contributed by atoms with van der Waals surface area (Å²) in [6.07, 6.45) is 0.513. The summed E-state index contributed by atoms with van der Waals surface area (Å²) in [5.74, 6) is -0.499. The van der Waals surface area contributed by atoms with E-state index in [4.69, 9.17) is 7.10 Å². The number of aryl methyl sites for hydroxylation is 2. The van der Waals surface area contributed by atoms with E-state index in [2.05, 4.69) is 4.98 Å². The van der Waals surface area contributed by atoms with Crippen LogP contribution in [-0.4, -0.2) is 21.1 Å². The first-order chi connectivity index (χ1) is 11.3. The van der Waals surface area contributed by atoms with E-state index in [1.54, 1.807) is 19.1 Å². The SMILES string of the molecule is [2H]C1(n2c(C)nc3cc(CC)cc(N)c3c2=O)CCC(=O)CC1=O. The third kappa shape index (κ3) is 2.54.